The third-order valence-corrected chi connectivity index (χ3v) is 4.85. The SMILES string of the molecule is CC(=NNC(=O)Cc1ccc(Br)c2ccccc12)c1ccc([N+](=O)[O-])cc1. The number of hydrogen-bond acceptors (Lipinski definition) is 4. The molecule has 3 rings (SSSR count). The molecule has 0 aliphatic carbocycles. The van der Waals surface area contributed by atoms with Crippen molar-refractivity contribution in [1.82, 2.24) is 5.43 Å². The quantitative estimate of drug-likeness (QED) is 0.368. The van der Waals surface area contributed by atoms with Gasteiger partial charge in [-0.2, -0.15) is 5.10 Å². The van der Waals surface area contributed by atoms with E-state index in [1.807, 2.05) is 36.4 Å². The van der Waals surface area contributed by atoms with E-state index in [0.29, 0.717) is 11.3 Å². The molecule has 0 heterocycles. The van der Waals surface area contributed by atoms with Gasteiger partial charge < -0.3 is 0 Å². The number of non-ortho nitro benzene ring substituents is 1. The first-order valence-corrected chi connectivity index (χ1v) is 8.99. The number of carbonyl (C=O) groups is 1. The zero-order chi connectivity index (χ0) is 19.4. The Morgan fingerprint density at radius 2 is 1.74 bits per heavy atom. The normalized spacial score (nSPS) is 11.4. The highest BCUT2D eigenvalue weighted by Gasteiger charge is 2.09. The molecule has 0 bridgehead atoms. The molecule has 0 fully saturated rings. The Bertz CT molecular complexity index is 1050. The van der Waals surface area contributed by atoms with Crippen molar-refractivity contribution < 1.29 is 9.72 Å². The summed E-state index contributed by atoms with van der Waals surface area (Å²) in [4.78, 5) is 22.5. The molecule has 0 saturated heterocycles. The lowest BCUT2D eigenvalue weighted by Gasteiger charge is -2.08. The summed E-state index contributed by atoms with van der Waals surface area (Å²) in [6.45, 7) is 1.73. The first-order valence-electron chi connectivity index (χ1n) is 8.20. The molecule has 1 N–H and O–H groups in total. The maximum absolute atomic E-state index is 12.3. The molecule has 0 saturated carbocycles. The summed E-state index contributed by atoms with van der Waals surface area (Å²) in [5, 5.41) is 16.9. The lowest BCUT2D eigenvalue weighted by atomic mass is 10.0. The second kappa shape index (κ2) is 8.09. The molecule has 6 nitrogen and oxygen atoms in total. The molecule has 0 spiro atoms. The lowest BCUT2D eigenvalue weighted by molar-refractivity contribution is -0.384. The fourth-order valence-electron chi connectivity index (χ4n) is 2.73. The molecule has 0 unspecified atom stereocenters. The van der Waals surface area contributed by atoms with Gasteiger partial charge in [-0.3, -0.25) is 14.9 Å². The highest BCUT2D eigenvalue weighted by molar-refractivity contribution is 9.10. The minimum atomic E-state index is -0.458. The van der Waals surface area contributed by atoms with Gasteiger partial charge in [0.15, 0.2) is 0 Å². The monoisotopic (exact) mass is 425 g/mol. The lowest BCUT2D eigenvalue weighted by Crippen LogP contribution is -2.21. The molecular weight excluding hydrogens is 410 g/mol. The second-order valence-electron chi connectivity index (χ2n) is 5.97. The number of fused-ring (bicyclic) bond motifs is 1. The number of nitro benzene ring substituents is 1. The van der Waals surface area contributed by atoms with Crippen LogP contribution in [0.1, 0.15) is 18.1 Å². The Balaban J connectivity index is 1.72. The molecule has 7 heteroatoms. The first kappa shape index (κ1) is 18.7. The standard InChI is InChI=1S/C20H16BrN3O3/c1-13(14-6-9-16(10-7-14)24(26)27)22-23-20(25)12-15-8-11-19(21)18-5-3-2-4-17(15)18/h2-11H,12H2,1H3,(H,23,25). The van der Waals surface area contributed by atoms with Gasteiger partial charge in [0.1, 0.15) is 0 Å². The van der Waals surface area contributed by atoms with E-state index in [2.05, 4.69) is 26.5 Å². The number of carbonyl (C=O) groups excluding carboxylic acids is 1. The average Bonchev–Trinajstić information content (AvgIpc) is 2.68. The predicted octanol–water partition coefficient (Wildman–Crippen LogP) is 4.59. The maximum Gasteiger partial charge on any atom is 0.269 e. The van der Waals surface area contributed by atoms with Crippen LogP contribution < -0.4 is 5.43 Å². The fourth-order valence-corrected chi connectivity index (χ4v) is 3.20. The molecule has 0 atom stereocenters. The number of hydrazone groups is 1. The number of amides is 1. The van der Waals surface area contributed by atoms with E-state index < -0.39 is 4.92 Å². The number of benzene rings is 3. The summed E-state index contributed by atoms with van der Waals surface area (Å²) >= 11 is 3.52. The van der Waals surface area contributed by atoms with Crippen LogP contribution in [-0.2, 0) is 11.2 Å². The van der Waals surface area contributed by atoms with Gasteiger partial charge in [-0.25, -0.2) is 5.43 Å². The Morgan fingerprint density at radius 1 is 1.07 bits per heavy atom. The molecule has 0 aliphatic heterocycles. The number of nitrogens with zero attached hydrogens (tertiary/aromatic N) is 2. The van der Waals surface area contributed by atoms with Crippen molar-refractivity contribution in [2.24, 2.45) is 5.10 Å². The minimum Gasteiger partial charge on any atom is -0.273 e. The van der Waals surface area contributed by atoms with Crippen molar-refractivity contribution in [1.29, 1.82) is 0 Å². The van der Waals surface area contributed by atoms with Crippen molar-refractivity contribution in [2.75, 3.05) is 0 Å². The Kier molecular flexibility index (Phi) is 5.61. The minimum absolute atomic E-state index is 0.0118. The van der Waals surface area contributed by atoms with Gasteiger partial charge in [-0.15, -0.1) is 0 Å². The largest absolute Gasteiger partial charge is 0.273 e. The number of nitro groups is 1. The van der Waals surface area contributed by atoms with Crippen LogP contribution in [0.3, 0.4) is 0 Å². The second-order valence-corrected chi connectivity index (χ2v) is 6.82. The number of hydrogen-bond donors (Lipinski definition) is 1. The summed E-state index contributed by atoms with van der Waals surface area (Å²) in [6.07, 6.45) is 0.199. The van der Waals surface area contributed by atoms with Gasteiger partial charge in [0.2, 0.25) is 5.91 Å². The Labute approximate surface area is 164 Å². The van der Waals surface area contributed by atoms with Crippen molar-refractivity contribution in [3.8, 4) is 0 Å². The summed E-state index contributed by atoms with van der Waals surface area (Å²) < 4.78 is 0.981. The van der Waals surface area contributed by atoms with Crippen molar-refractivity contribution in [2.45, 2.75) is 13.3 Å². The van der Waals surface area contributed by atoms with E-state index in [9.17, 15) is 14.9 Å². The van der Waals surface area contributed by atoms with Crippen LogP contribution in [0.4, 0.5) is 5.69 Å². The van der Waals surface area contributed by atoms with Gasteiger partial charge >= 0.3 is 0 Å². The number of halogens is 1. The van der Waals surface area contributed by atoms with E-state index in [-0.39, 0.29) is 18.0 Å². The van der Waals surface area contributed by atoms with Gasteiger partial charge in [0.25, 0.3) is 5.69 Å². The number of rotatable bonds is 5. The van der Waals surface area contributed by atoms with Crippen LogP contribution in [0, 0.1) is 10.1 Å². The van der Waals surface area contributed by atoms with Crippen molar-refractivity contribution in [3.05, 3.63) is 86.4 Å². The topological polar surface area (TPSA) is 84.6 Å². The molecule has 0 aromatic heterocycles. The van der Waals surface area contributed by atoms with E-state index in [4.69, 9.17) is 0 Å². The zero-order valence-electron chi connectivity index (χ0n) is 14.5. The molecule has 0 radical (unpaired) electrons. The maximum atomic E-state index is 12.3. The van der Waals surface area contributed by atoms with Gasteiger partial charge in [-0.05, 0) is 47.0 Å². The van der Waals surface area contributed by atoms with Gasteiger partial charge in [0, 0.05) is 16.6 Å². The summed E-state index contributed by atoms with van der Waals surface area (Å²) in [5.74, 6) is -0.233. The Hall–Kier alpha value is -3.06. The number of nitrogens with one attached hydrogen (secondary N) is 1. The van der Waals surface area contributed by atoms with Crippen LogP contribution in [0.25, 0.3) is 10.8 Å². The smallest absolute Gasteiger partial charge is 0.269 e. The highest BCUT2D eigenvalue weighted by atomic mass is 79.9. The molecule has 3 aromatic carbocycles. The van der Waals surface area contributed by atoms with Crippen LogP contribution in [0.2, 0.25) is 0 Å². The molecule has 136 valence electrons. The summed E-state index contributed by atoms with van der Waals surface area (Å²) in [7, 11) is 0. The Morgan fingerprint density at radius 3 is 2.41 bits per heavy atom. The average molecular weight is 426 g/mol. The third-order valence-electron chi connectivity index (χ3n) is 4.16. The van der Waals surface area contributed by atoms with Crippen LogP contribution in [0.15, 0.2) is 70.2 Å². The van der Waals surface area contributed by atoms with Crippen molar-refractivity contribution >= 4 is 44.0 Å². The molecule has 0 aliphatic rings. The molecule has 1 amide bonds. The predicted molar refractivity (Wildman–Crippen MR) is 109 cm³/mol. The van der Waals surface area contributed by atoms with E-state index in [0.717, 1.165) is 20.8 Å². The summed E-state index contributed by atoms with van der Waals surface area (Å²) in [5.41, 5.74) is 4.74. The molecular formula is C20H16BrN3O3. The highest BCUT2D eigenvalue weighted by Crippen LogP contribution is 2.27. The van der Waals surface area contributed by atoms with Crippen LogP contribution in [-0.4, -0.2) is 16.5 Å². The van der Waals surface area contributed by atoms with Gasteiger partial charge in [-0.1, -0.05) is 46.3 Å². The third kappa shape index (κ3) is 4.38. The van der Waals surface area contributed by atoms with Crippen LogP contribution in [0.5, 0.6) is 0 Å². The van der Waals surface area contributed by atoms with Gasteiger partial charge in [0.05, 0.1) is 17.1 Å². The summed E-state index contributed by atoms with van der Waals surface area (Å²) in [6, 6.07) is 17.7. The van der Waals surface area contributed by atoms with Crippen molar-refractivity contribution in [3.63, 3.8) is 0 Å². The first-order chi connectivity index (χ1) is 13.0. The molecule has 3 aromatic rings. The zero-order valence-corrected chi connectivity index (χ0v) is 16.1. The fraction of sp³-hybridized carbons (Fsp3) is 0.100. The van der Waals surface area contributed by atoms with E-state index in [1.54, 1.807) is 19.1 Å². The molecule has 27 heavy (non-hydrogen) atoms. The van der Waals surface area contributed by atoms with Crippen LogP contribution >= 0.6 is 15.9 Å². The van der Waals surface area contributed by atoms with E-state index in [1.165, 1.54) is 12.1 Å². The van der Waals surface area contributed by atoms with E-state index >= 15 is 0 Å².